The van der Waals surface area contributed by atoms with E-state index >= 15 is 0 Å². The molecule has 0 bridgehead atoms. The van der Waals surface area contributed by atoms with Gasteiger partial charge in [-0.25, -0.2) is 9.59 Å². The van der Waals surface area contributed by atoms with Gasteiger partial charge >= 0.3 is 12.0 Å². The number of amides is 3. The molecule has 0 aliphatic carbocycles. The van der Waals surface area contributed by atoms with Crippen molar-refractivity contribution in [2.45, 2.75) is 50.7 Å². The van der Waals surface area contributed by atoms with Gasteiger partial charge in [0.15, 0.2) is 0 Å². The Balaban J connectivity index is 1.22. The smallest absolute Gasteiger partial charge is 0.329 e. The minimum atomic E-state index is -1.10. The van der Waals surface area contributed by atoms with E-state index in [0.717, 1.165) is 16.7 Å². The van der Waals surface area contributed by atoms with Crippen molar-refractivity contribution < 1.29 is 29.0 Å². The van der Waals surface area contributed by atoms with Crippen LogP contribution < -0.4 is 10.1 Å². The fourth-order valence-electron chi connectivity index (χ4n) is 5.61. The third kappa shape index (κ3) is 9.43. The molecule has 1 fully saturated rings. The molecule has 5 rings (SSSR count). The molecule has 1 saturated heterocycles. The van der Waals surface area contributed by atoms with Gasteiger partial charge in [-0.3, -0.25) is 4.79 Å². The molecule has 3 amide bonds. The molecule has 1 aliphatic heterocycles. The van der Waals surface area contributed by atoms with Gasteiger partial charge in [-0.2, -0.15) is 0 Å². The number of aliphatic hydroxyl groups excluding tert-OH is 1. The zero-order valence-electron chi connectivity index (χ0n) is 26.5. The molecular weight excluding hydrogens is 594 g/mol. The second-order valence-corrected chi connectivity index (χ2v) is 11.7. The molecule has 244 valence electrons. The van der Waals surface area contributed by atoms with Crippen LogP contribution in [-0.2, 0) is 29.2 Å². The van der Waals surface area contributed by atoms with E-state index in [4.69, 9.17) is 9.47 Å². The average molecular weight is 636 g/mol. The molecule has 4 aromatic carbocycles. The summed E-state index contributed by atoms with van der Waals surface area (Å²) < 4.78 is 11.4. The summed E-state index contributed by atoms with van der Waals surface area (Å²) in [6.45, 7) is 0.934. The molecule has 0 spiro atoms. The van der Waals surface area contributed by atoms with Crippen LogP contribution in [-0.4, -0.2) is 71.1 Å². The van der Waals surface area contributed by atoms with Crippen LogP contribution >= 0.6 is 0 Å². The number of urea groups is 1. The number of carbonyl (C=O) groups is 3. The molecule has 1 aliphatic rings. The van der Waals surface area contributed by atoms with E-state index in [1.807, 2.05) is 91.0 Å². The van der Waals surface area contributed by atoms with Crippen LogP contribution in [0.15, 0.2) is 115 Å². The fraction of sp³-hybridized carbons (Fsp3) is 0.289. The van der Waals surface area contributed by atoms with Crippen molar-refractivity contribution in [3.8, 4) is 5.75 Å². The zero-order chi connectivity index (χ0) is 33.0. The number of nitrogens with zero attached hydrogens (tertiary/aromatic N) is 2. The summed E-state index contributed by atoms with van der Waals surface area (Å²) in [6.07, 6.45) is 0.403. The highest BCUT2D eigenvalue weighted by atomic mass is 16.5. The van der Waals surface area contributed by atoms with Crippen molar-refractivity contribution in [1.29, 1.82) is 0 Å². The first-order valence-corrected chi connectivity index (χ1v) is 15.9. The van der Waals surface area contributed by atoms with Gasteiger partial charge in [-0.15, -0.1) is 0 Å². The summed E-state index contributed by atoms with van der Waals surface area (Å²) in [5.41, 5.74) is 3.28. The van der Waals surface area contributed by atoms with E-state index in [9.17, 15) is 19.5 Å². The van der Waals surface area contributed by atoms with Crippen molar-refractivity contribution in [1.82, 2.24) is 15.1 Å². The van der Waals surface area contributed by atoms with Gasteiger partial charge in [0, 0.05) is 19.2 Å². The molecule has 47 heavy (non-hydrogen) atoms. The zero-order valence-corrected chi connectivity index (χ0v) is 26.5. The maximum atomic E-state index is 13.5. The number of hydrogen-bond donors (Lipinski definition) is 2. The Bertz CT molecular complexity index is 1580. The van der Waals surface area contributed by atoms with E-state index in [-0.39, 0.29) is 25.1 Å². The van der Waals surface area contributed by atoms with Crippen LogP contribution in [0, 0.1) is 0 Å². The Hall–Kier alpha value is -5.15. The number of rotatable bonds is 13. The summed E-state index contributed by atoms with van der Waals surface area (Å²) in [5.74, 6) is -0.0686. The topological polar surface area (TPSA) is 108 Å². The lowest BCUT2D eigenvalue weighted by Gasteiger charge is -2.32. The van der Waals surface area contributed by atoms with Crippen molar-refractivity contribution >= 4 is 17.9 Å². The molecule has 9 nitrogen and oxygen atoms in total. The van der Waals surface area contributed by atoms with Crippen LogP contribution in [0.1, 0.15) is 39.9 Å². The number of aliphatic hydroxyl groups is 1. The largest absolute Gasteiger partial charge is 0.489 e. The van der Waals surface area contributed by atoms with Crippen LogP contribution in [0.3, 0.4) is 0 Å². The normalized spacial score (nSPS) is 15.4. The average Bonchev–Trinajstić information content (AvgIpc) is 3.61. The Kier molecular flexibility index (Phi) is 11.6. The highest BCUT2D eigenvalue weighted by Crippen LogP contribution is 2.22. The van der Waals surface area contributed by atoms with Crippen molar-refractivity contribution in [3.63, 3.8) is 0 Å². The highest BCUT2D eigenvalue weighted by molar-refractivity contribution is 5.94. The molecule has 0 saturated carbocycles. The third-order valence-corrected chi connectivity index (χ3v) is 8.23. The van der Waals surface area contributed by atoms with E-state index in [1.54, 1.807) is 31.3 Å². The molecule has 0 radical (unpaired) electrons. The standard InChI is InChI=1S/C38H41N3O6/c1-40(38(45)41-23-11-18-34(41)37(44)47-27-30-14-7-3-8-15-30)25-35(42)33(39-36(43)31-16-9-4-10-17-31)24-28-19-21-32(22-20-28)46-26-29-12-5-2-6-13-29/h2-10,12-17,19-22,33-35,42H,11,18,23-27H2,1H3,(H,39,43)/t33?,34-,35?/m0/s1. The van der Waals surface area contributed by atoms with Crippen molar-refractivity contribution in [2.24, 2.45) is 0 Å². The molecule has 0 aromatic heterocycles. The Morgan fingerprint density at radius 1 is 0.830 bits per heavy atom. The Morgan fingerprint density at radius 2 is 1.43 bits per heavy atom. The van der Waals surface area contributed by atoms with Gasteiger partial charge in [-0.05, 0) is 60.2 Å². The van der Waals surface area contributed by atoms with Gasteiger partial charge in [0.1, 0.15) is 25.0 Å². The van der Waals surface area contributed by atoms with Gasteiger partial charge < -0.3 is 29.7 Å². The minimum Gasteiger partial charge on any atom is -0.489 e. The van der Waals surface area contributed by atoms with Crippen LogP contribution in [0.2, 0.25) is 0 Å². The number of likely N-dealkylation sites (tertiary alicyclic amines) is 1. The Morgan fingerprint density at radius 3 is 2.06 bits per heavy atom. The van der Waals surface area contributed by atoms with E-state index in [0.29, 0.717) is 43.7 Å². The molecule has 2 unspecified atom stereocenters. The van der Waals surface area contributed by atoms with Crippen molar-refractivity contribution in [3.05, 3.63) is 138 Å². The highest BCUT2D eigenvalue weighted by Gasteiger charge is 2.37. The van der Waals surface area contributed by atoms with Crippen molar-refractivity contribution in [2.75, 3.05) is 20.1 Å². The summed E-state index contributed by atoms with van der Waals surface area (Å²) >= 11 is 0. The predicted molar refractivity (Wildman–Crippen MR) is 179 cm³/mol. The lowest BCUT2D eigenvalue weighted by Crippen LogP contribution is -2.53. The molecule has 4 aromatic rings. The maximum absolute atomic E-state index is 13.5. The lowest BCUT2D eigenvalue weighted by atomic mass is 10.00. The van der Waals surface area contributed by atoms with Crippen LogP contribution in [0.5, 0.6) is 5.75 Å². The number of benzene rings is 4. The first-order chi connectivity index (χ1) is 22.9. The molecule has 1 heterocycles. The van der Waals surface area contributed by atoms with E-state index in [2.05, 4.69) is 5.32 Å². The second-order valence-electron chi connectivity index (χ2n) is 11.7. The molecular formula is C38H41N3O6. The number of carbonyl (C=O) groups excluding carboxylic acids is 3. The van der Waals surface area contributed by atoms with Gasteiger partial charge in [0.05, 0.1) is 18.7 Å². The van der Waals surface area contributed by atoms with Gasteiger partial charge in [0.2, 0.25) is 0 Å². The number of ether oxygens (including phenoxy) is 2. The number of nitrogens with one attached hydrogen (secondary N) is 1. The molecule has 3 atom stereocenters. The number of esters is 1. The first-order valence-electron chi connectivity index (χ1n) is 15.9. The fourth-order valence-corrected chi connectivity index (χ4v) is 5.61. The molecule has 9 heteroatoms. The SMILES string of the molecule is CN(CC(O)C(Cc1ccc(OCc2ccccc2)cc1)NC(=O)c1ccccc1)C(=O)N1CCC[C@H]1C(=O)OCc1ccccc1. The van der Waals surface area contributed by atoms with Gasteiger partial charge in [0.25, 0.3) is 5.91 Å². The number of likely N-dealkylation sites (N-methyl/N-ethyl adjacent to an activating group) is 1. The number of hydrogen-bond acceptors (Lipinski definition) is 6. The summed E-state index contributed by atoms with van der Waals surface area (Å²) in [5, 5.41) is 14.4. The van der Waals surface area contributed by atoms with Gasteiger partial charge in [-0.1, -0.05) is 91.0 Å². The third-order valence-electron chi connectivity index (χ3n) is 8.23. The predicted octanol–water partition coefficient (Wildman–Crippen LogP) is 5.23. The molecule has 2 N–H and O–H groups in total. The van der Waals surface area contributed by atoms with Crippen LogP contribution in [0.4, 0.5) is 4.79 Å². The second kappa shape index (κ2) is 16.4. The summed E-state index contributed by atoms with van der Waals surface area (Å²) in [4.78, 5) is 42.5. The minimum absolute atomic E-state index is 0.0564. The summed E-state index contributed by atoms with van der Waals surface area (Å²) in [6, 6.07) is 33.8. The quantitative estimate of drug-likeness (QED) is 0.195. The van der Waals surface area contributed by atoms with E-state index in [1.165, 1.54) is 9.80 Å². The monoisotopic (exact) mass is 635 g/mol. The van der Waals surface area contributed by atoms with Crippen LogP contribution in [0.25, 0.3) is 0 Å². The first kappa shape index (κ1) is 33.2. The summed E-state index contributed by atoms with van der Waals surface area (Å²) in [7, 11) is 1.59. The maximum Gasteiger partial charge on any atom is 0.329 e. The van der Waals surface area contributed by atoms with E-state index < -0.39 is 24.2 Å². The lowest BCUT2D eigenvalue weighted by molar-refractivity contribution is -0.149. The Labute approximate surface area is 275 Å².